The van der Waals surface area contributed by atoms with Gasteiger partial charge in [-0.3, -0.25) is 4.31 Å². The number of benzene rings is 1. The molecule has 0 unspecified atom stereocenters. The van der Waals surface area contributed by atoms with Crippen LogP contribution < -0.4 is 5.32 Å². The zero-order valence-electron chi connectivity index (χ0n) is 8.92. The maximum Gasteiger partial charge on any atom is 0.267 e. The Kier molecular flexibility index (Phi) is 2.93. The molecular weight excluding hydrogens is 226 g/mol. The Morgan fingerprint density at radius 1 is 1.38 bits per heavy atom. The van der Waals surface area contributed by atoms with E-state index in [1.54, 1.807) is 31.3 Å². The normalized spacial score (nSPS) is 17.2. The monoisotopic (exact) mass is 239 g/mol. The first-order chi connectivity index (χ1) is 7.66. The minimum absolute atomic E-state index is 0.272. The van der Waals surface area contributed by atoms with Gasteiger partial charge in [0.05, 0.1) is 5.69 Å². The predicted octanol–water partition coefficient (Wildman–Crippen LogP) is 0.570. The summed E-state index contributed by atoms with van der Waals surface area (Å²) in [6, 6.07) is 6.74. The number of fused-ring (bicyclic) bond motifs is 1. The van der Waals surface area contributed by atoms with E-state index in [9.17, 15) is 8.42 Å². The SMILES string of the molecule is CNCCN1C=Nc2ccccc2S1(=O)=O. The zero-order chi connectivity index (χ0) is 11.6. The van der Waals surface area contributed by atoms with Crippen LogP contribution in [-0.2, 0) is 10.0 Å². The van der Waals surface area contributed by atoms with E-state index in [1.807, 2.05) is 0 Å². The van der Waals surface area contributed by atoms with Crippen molar-refractivity contribution in [1.82, 2.24) is 9.62 Å². The van der Waals surface area contributed by atoms with E-state index in [-0.39, 0.29) is 4.90 Å². The van der Waals surface area contributed by atoms with Crippen molar-refractivity contribution in [2.75, 3.05) is 20.1 Å². The Bertz CT molecular complexity index is 511. The van der Waals surface area contributed by atoms with Crippen LogP contribution in [0.25, 0.3) is 0 Å². The lowest BCUT2D eigenvalue weighted by molar-refractivity contribution is 0.518. The molecule has 0 amide bonds. The summed E-state index contributed by atoms with van der Waals surface area (Å²) in [5, 5.41) is 2.91. The third-order valence-corrected chi connectivity index (χ3v) is 4.16. The smallest absolute Gasteiger partial charge is 0.267 e. The molecule has 16 heavy (non-hydrogen) atoms. The van der Waals surface area contributed by atoms with Gasteiger partial charge < -0.3 is 5.32 Å². The second kappa shape index (κ2) is 4.23. The largest absolute Gasteiger partial charge is 0.318 e. The summed E-state index contributed by atoms with van der Waals surface area (Å²) in [6.07, 6.45) is 1.37. The summed E-state index contributed by atoms with van der Waals surface area (Å²) in [5.41, 5.74) is 0.503. The van der Waals surface area contributed by atoms with E-state index in [2.05, 4.69) is 10.3 Å². The van der Waals surface area contributed by atoms with Crippen LogP contribution in [0.5, 0.6) is 0 Å². The molecule has 6 heteroatoms. The molecule has 1 heterocycles. The number of para-hydroxylation sites is 1. The molecule has 0 fully saturated rings. The molecule has 1 aliphatic heterocycles. The van der Waals surface area contributed by atoms with E-state index >= 15 is 0 Å². The van der Waals surface area contributed by atoms with E-state index in [4.69, 9.17) is 0 Å². The Labute approximate surface area is 94.9 Å². The molecular formula is C10H13N3O2S. The molecule has 1 aliphatic rings. The van der Waals surface area contributed by atoms with Gasteiger partial charge >= 0.3 is 0 Å². The van der Waals surface area contributed by atoms with Gasteiger partial charge in [-0.25, -0.2) is 13.4 Å². The molecule has 0 radical (unpaired) electrons. The van der Waals surface area contributed by atoms with Crippen LogP contribution in [0.4, 0.5) is 5.69 Å². The van der Waals surface area contributed by atoms with E-state index < -0.39 is 10.0 Å². The summed E-state index contributed by atoms with van der Waals surface area (Å²) in [6.45, 7) is 0.976. The molecule has 0 aliphatic carbocycles. The highest BCUT2D eigenvalue weighted by atomic mass is 32.2. The van der Waals surface area contributed by atoms with Gasteiger partial charge in [0.15, 0.2) is 0 Å². The maximum absolute atomic E-state index is 12.1. The number of aliphatic imine (C=N–C) groups is 1. The second-order valence-corrected chi connectivity index (χ2v) is 5.29. The first kappa shape index (κ1) is 11.1. The summed E-state index contributed by atoms with van der Waals surface area (Å²) < 4.78 is 25.5. The van der Waals surface area contributed by atoms with Crippen molar-refractivity contribution in [2.45, 2.75) is 4.90 Å². The Morgan fingerprint density at radius 3 is 2.88 bits per heavy atom. The van der Waals surface area contributed by atoms with E-state index in [0.29, 0.717) is 18.8 Å². The standard InChI is InChI=1S/C10H13N3O2S/c1-11-6-7-13-8-12-9-4-2-3-5-10(9)16(13,14)15/h2-5,8,11H,6-7H2,1H3. The molecule has 1 N–H and O–H groups in total. The Hall–Kier alpha value is -1.40. The lowest BCUT2D eigenvalue weighted by Gasteiger charge is -2.23. The van der Waals surface area contributed by atoms with E-state index in [0.717, 1.165) is 0 Å². The highest BCUT2D eigenvalue weighted by Crippen LogP contribution is 2.29. The van der Waals surface area contributed by atoms with Crippen molar-refractivity contribution < 1.29 is 8.42 Å². The van der Waals surface area contributed by atoms with Gasteiger partial charge in [-0.15, -0.1) is 0 Å². The molecule has 1 aromatic rings. The maximum atomic E-state index is 12.1. The quantitative estimate of drug-likeness (QED) is 0.838. The Morgan fingerprint density at radius 2 is 2.12 bits per heavy atom. The second-order valence-electron chi connectivity index (χ2n) is 3.43. The highest BCUT2D eigenvalue weighted by Gasteiger charge is 2.27. The van der Waals surface area contributed by atoms with Crippen LogP contribution in [0.2, 0.25) is 0 Å². The van der Waals surface area contributed by atoms with Gasteiger partial charge in [-0.2, -0.15) is 0 Å². The molecule has 0 saturated carbocycles. The topological polar surface area (TPSA) is 61.8 Å². The van der Waals surface area contributed by atoms with Gasteiger partial charge in [0.1, 0.15) is 11.2 Å². The van der Waals surface area contributed by atoms with Crippen molar-refractivity contribution in [3.05, 3.63) is 24.3 Å². The van der Waals surface area contributed by atoms with Gasteiger partial charge in [0.2, 0.25) is 0 Å². The van der Waals surface area contributed by atoms with Gasteiger partial charge in [-0.05, 0) is 19.2 Å². The lowest BCUT2D eigenvalue weighted by Crippen LogP contribution is -2.36. The molecule has 0 atom stereocenters. The number of nitrogens with one attached hydrogen (secondary N) is 1. The van der Waals surface area contributed by atoms with Crippen LogP contribution in [-0.4, -0.2) is 39.2 Å². The average molecular weight is 239 g/mol. The van der Waals surface area contributed by atoms with Crippen LogP contribution in [0.1, 0.15) is 0 Å². The van der Waals surface area contributed by atoms with Crippen LogP contribution in [0, 0.1) is 0 Å². The minimum atomic E-state index is -3.41. The van der Waals surface area contributed by atoms with Crippen LogP contribution in [0.15, 0.2) is 34.2 Å². The van der Waals surface area contributed by atoms with E-state index in [1.165, 1.54) is 10.6 Å². The van der Waals surface area contributed by atoms with Crippen molar-refractivity contribution >= 4 is 22.0 Å². The average Bonchev–Trinajstić information content (AvgIpc) is 2.28. The molecule has 2 rings (SSSR count). The molecule has 1 aromatic carbocycles. The lowest BCUT2D eigenvalue weighted by atomic mass is 10.3. The fourth-order valence-corrected chi connectivity index (χ4v) is 2.89. The molecule has 0 aromatic heterocycles. The first-order valence-corrected chi connectivity index (χ1v) is 6.40. The molecule has 86 valence electrons. The van der Waals surface area contributed by atoms with Crippen molar-refractivity contribution in [1.29, 1.82) is 0 Å². The minimum Gasteiger partial charge on any atom is -0.318 e. The fraction of sp³-hybridized carbons (Fsp3) is 0.300. The van der Waals surface area contributed by atoms with Crippen molar-refractivity contribution in [2.24, 2.45) is 4.99 Å². The Balaban J connectivity index is 2.39. The van der Waals surface area contributed by atoms with Gasteiger partial charge in [-0.1, -0.05) is 12.1 Å². The number of hydrogen-bond acceptors (Lipinski definition) is 4. The highest BCUT2D eigenvalue weighted by molar-refractivity contribution is 7.89. The predicted molar refractivity (Wildman–Crippen MR) is 62.4 cm³/mol. The zero-order valence-corrected chi connectivity index (χ0v) is 9.74. The molecule has 0 spiro atoms. The third kappa shape index (κ3) is 1.81. The number of likely N-dealkylation sites (N-methyl/N-ethyl adjacent to an activating group) is 1. The number of hydrogen-bond donors (Lipinski definition) is 1. The van der Waals surface area contributed by atoms with Crippen molar-refractivity contribution in [3.63, 3.8) is 0 Å². The van der Waals surface area contributed by atoms with Gasteiger partial charge in [0.25, 0.3) is 10.0 Å². The fourth-order valence-electron chi connectivity index (χ4n) is 1.50. The summed E-state index contributed by atoms with van der Waals surface area (Å²) in [4.78, 5) is 4.39. The first-order valence-electron chi connectivity index (χ1n) is 4.96. The molecule has 0 saturated heterocycles. The van der Waals surface area contributed by atoms with Crippen LogP contribution >= 0.6 is 0 Å². The summed E-state index contributed by atoms with van der Waals surface area (Å²) in [7, 11) is -1.63. The number of nitrogens with zero attached hydrogens (tertiary/aromatic N) is 2. The molecule has 5 nitrogen and oxygen atoms in total. The van der Waals surface area contributed by atoms with Crippen LogP contribution in [0.3, 0.4) is 0 Å². The summed E-state index contributed by atoms with van der Waals surface area (Å²) >= 11 is 0. The van der Waals surface area contributed by atoms with Gasteiger partial charge in [0, 0.05) is 13.1 Å². The summed E-state index contributed by atoms with van der Waals surface area (Å²) in [5.74, 6) is 0. The molecule has 0 bridgehead atoms. The third-order valence-electron chi connectivity index (χ3n) is 2.36. The number of sulfonamides is 1. The van der Waals surface area contributed by atoms with Crippen molar-refractivity contribution in [3.8, 4) is 0 Å². The number of rotatable bonds is 3.